The third-order valence-electron chi connectivity index (χ3n) is 3.96. The van der Waals surface area contributed by atoms with E-state index in [2.05, 4.69) is 44.4 Å². The Morgan fingerprint density at radius 1 is 1.29 bits per heavy atom. The maximum atomic E-state index is 5.35. The van der Waals surface area contributed by atoms with Gasteiger partial charge in [-0.05, 0) is 45.2 Å². The molecule has 0 heterocycles. The fraction of sp³-hybridized carbons (Fsp3) is 0.421. The summed E-state index contributed by atoms with van der Waals surface area (Å²) in [6.45, 7) is 14.2. The van der Waals surface area contributed by atoms with E-state index in [0.717, 1.165) is 23.5 Å². The zero-order valence-corrected chi connectivity index (χ0v) is 15.6. The van der Waals surface area contributed by atoms with E-state index in [-0.39, 0.29) is 5.54 Å². The Labute approximate surface area is 145 Å². The highest BCUT2D eigenvalue weighted by Crippen LogP contribution is 2.30. The Morgan fingerprint density at radius 2 is 1.92 bits per heavy atom. The third kappa shape index (κ3) is 5.05. The van der Waals surface area contributed by atoms with Crippen molar-refractivity contribution < 1.29 is 9.47 Å². The number of nitrogens with one attached hydrogen (secondary N) is 1. The average Bonchev–Trinajstić information content (AvgIpc) is 2.58. The molecule has 0 aliphatic carbocycles. The number of benzene rings is 1. The van der Waals surface area contributed by atoms with E-state index in [1.807, 2.05) is 36.3 Å². The molecule has 0 fully saturated rings. The van der Waals surface area contributed by atoms with E-state index in [4.69, 9.17) is 9.47 Å². The SMILES string of the molecule is C=N/C(=C\N(C)C(=C)NC(C)(C)CC)c1ccc(OC)c(OC)c1. The van der Waals surface area contributed by atoms with Crippen LogP contribution in [0.4, 0.5) is 0 Å². The summed E-state index contributed by atoms with van der Waals surface area (Å²) in [4.78, 5) is 6.03. The Balaban J connectivity index is 3.06. The molecule has 1 rings (SSSR count). The smallest absolute Gasteiger partial charge is 0.161 e. The molecule has 5 nitrogen and oxygen atoms in total. The minimum absolute atomic E-state index is 0.0235. The first-order valence-electron chi connectivity index (χ1n) is 7.88. The summed E-state index contributed by atoms with van der Waals surface area (Å²) in [6, 6.07) is 5.64. The van der Waals surface area contributed by atoms with E-state index in [1.54, 1.807) is 14.2 Å². The van der Waals surface area contributed by atoms with Gasteiger partial charge in [0.2, 0.25) is 0 Å². The molecular weight excluding hydrogens is 302 g/mol. The van der Waals surface area contributed by atoms with Crippen LogP contribution in [0.3, 0.4) is 0 Å². The number of nitrogens with zero attached hydrogens (tertiary/aromatic N) is 2. The van der Waals surface area contributed by atoms with Crippen molar-refractivity contribution in [2.24, 2.45) is 4.99 Å². The van der Waals surface area contributed by atoms with Crippen LogP contribution in [0, 0.1) is 0 Å². The Kier molecular flexibility index (Phi) is 6.89. The van der Waals surface area contributed by atoms with Gasteiger partial charge in [0.25, 0.3) is 0 Å². The van der Waals surface area contributed by atoms with Crippen molar-refractivity contribution >= 4 is 12.4 Å². The zero-order chi connectivity index (χ0) is 18.3. The fourth-order valence-electron chi connectivity index (χ4n) is 2.03. The summed E-state index contributed by atoms with van der Waals surface area (Å²) in [7, 11) is 5.14. The lowest BCUT2D eigenvalue weighted by molar-refractivity contribution is 0.355. The molecule has 5 heteroatoms. The lowest BCUT2D eigenvalue weighted by atomic mass is 10.0. The highest BCUT2D eigenvalue weighted by molar-refractivity contribution is 5.70. The van der Waals surface area contributed by atoms with Gasteiger partial charge in [-0.15, -0.1) is 0 Å². The van der Waals surface area contributed by atoms with E-state index in [9.17, 15) is 0 Å². The van der Waals surface area contributed by atoms with Gasteiger partial charge in [0.15, 0.2) is 11.5 Å². The van der Waals surface area contributed by atoms with Crippen LogP contribution < -0.4 is 14.8 Å². The van der Waals surface area contributed by atoms with Crippen molar-refractivity contribution in [1.29, 1.82) is 0 Å². The minimum Gasteiger partial charge on any atom is -0.493 e. The third-order valence-corrected chi connectivity index (χ3v) is 3.96. The van der Waals surface area contributed by atoms with Crippen LogP contribution in [0.25, 0.3) is 5.70 Å². The van der Waals surface area contributed by atoms with E-state index in [0.29, 0.717) is 11.5 Å². The molecule has 0 atom stereocenters. The molecule has 132 valence electrons. The van der Waals surface area contributed by atoms with Crippen molar-refractivity contribution in [3.05, 3.63) is 42.4 Å². The van der Waals surface area contributed by atoms with E-state index in [1.165, 1.54) is 0 Å². The van der Waals surface area contributed by atoms with Gasteiger partial charge in [-0.25, -0.2) is 0 Å². The summed E-state index contributed by atoms with van der Waals surface area (Å²) in [6.07, 6.45) is 2.88. The molecule has 0 aliphatic rings. The second-order valence-corrected chi connectivity index (χ2v) is 6.16. The molecule has 24 heavy (non-hydrogen) atoms. The summed E-state index contributed by atoms with van der Waals surface area (Å²) in [5, 5.41) is 3.41. The first kappa shape index (κ1) is 19.6. The molecule has 0 saturated heterocycles. The van der Waals surface area contributed by atoms with Gasteiger partial charge in [-0.2, -0.15) is 0 Å². The summed E-state index contributed by atoms with van der Waals surface area (Å²) < 4.78 is 10.6. The van der Waals surface area contributed by atoms with Gasteiger partial charge in [-0.3, -0.25) is 4.99 Å². The predicted octanol–water partition coefficient (Wildman–Crippen LogP) is 3.88. The second kappa shape index (κ2) is 8.43. The first-order chi connectivity index (χ1) is 11.3. The molecule has 0 bridgehead atoms. The van der Waals surface area contributed by atoms with Crippen LogP contribution in [0.1, 0.15) is 32.8 Å². The largest absolute Gasteiger partial charge is 0.493 e. The molecule has 0 amide bonds. The Bertz CT molecular complexity index is 621. The lowest BCUT2D eigenvalue weighted by Crippen LogP contribution is -2.41. The normalized spacial score (nSPS) is 11.7. The topological polar surface area (TPSA) is 46.1 Å². The van der Waals surface area contributed by atoms with Crippen molar-refractivity contribution in [3.63, 3.8) is 0 Å². The maximum Gasteiger partial charge on any atom is 0.161 e. The van der Waals surface area contributed by atoms with Crippen LogP contribution in [0.5, 0.6) is 11.5 Å². The molecule has 0 aromatic heterocycles. The second-order valence-electron chi connectivity index (χ2n) is 6.16. The van der Waals surface area contributed by atoms with E-state index >= 15 is 0 Å². The van der Waals surface area contributed by atoms with Crippen LogP contribution in [-0.4, -0.2) is 38.4 Å². The van der Waals surface area contributed by atoms with E-state index < -0.39 is 0 Å². The quantitative estimate of drug-likeness (QED) is 0.698. The van der Waals surface area contributed by atoms with Gasteiger partial charge in [0.1, 0.15) is 0 Å². The van der Waals surface area contributed by atoms with Crippen LogP contribution in [-0.2, 0) is 0 Å². The highest BCUT2D eigenvalue weighted by Gasteiger charge is 2.16. The highest BCUT2D eigenvalue weighted by atomic mass is 16.5. The zero-order valence-electron chi connectivity index (χ0n) is 15.6. The van der Waals surface area contributed by atoms with Crippen LogP contribution in [0.15, 0.2) is 41.8 Å². The molecule has 1 N–H and O–H groups in total. The van der Waals surface area contributed by atoms with Gasteiger partial charge < -0.3 is 19.7 Å². The van der Waals surface area contributed by atoms with Gasteiger partial charge in [-0.1, -0.05) is 13.5 Å². The number of hydrogen-bond acceptors (Lipinski definition) is 5. The van der Waals surface area contributed by atoms with Gasteiger partial charge in [0, 0.05) is 24.4 Å². The molecule has 0 spiro atoms. The molecular formula is C19H29N3O2. The monoisotopic (exact) mass is 331 g/mol. The molecule has 1 aromatic rings. The lowest BCUT2D eigenvalue weighted by Gasteiger charge is -2.30. The van der Waals surface area contributed by atoms with Crippen molar-refractivity contribution in [3.8, 4) is 11.5 Å². The molecule has 0 unspecified atom stereocenters. The van der Waals surface area contributed by atoms with Crippen LogP contribution in [0.2, 0.25) is 0 Å². The van der Waals surface area contributed by atoms with Crippen molar-refractivity contribution in [2.75, 3.05) is 21.3 Å². The molecule has 0 radical (unpaired) electrons. The van der Waals surface area contributed by atoms with Crippen molar-refractivity contribution in [2.45, 2.75) is 32.7 Å². The molecule has 0 saturated carbocycles. The maximum absolute atomic E-state index is 5.35. The summed E-state index contributed by atoms with van der Waals surface area (Å²) in [5.74, 6) is 2.12. The Morgan fingerprint density at radius 3 is 2.42 bits per heavy atom. The van der Waals surface area contributed by atoms with Gasteiger partial charge >= 0.3 is 0 Å². The summed E-state index contributed by atoms with van der Waals surface area (Å²) >= 11 is 0. The van der Waals surface area contributed by atoms with Crippen molar-refractivity contribution in [1.82, 2.24) is 10.2 Å². The van der Waals surface area contributed by atoms with Gasteiger partial charge in [0.05, 0.1) is 25.7 Å². The predicted molar refractivity (Wildman–Crippen MR) is 101 cm³/mol. The first-order valence-corrected chi connectivity index (χ1v) is 7.88. The number of methoxy groups -OCH3 is 2. The number of rotatable bonds is 9. The average molecular weight is 331 g/mol. The number of aliphatic imine (C=N–C) groups is 1. The minimum atomic E-state index is -0.0235. The molecule has 1 aromatic carbocycles. The number of hydrogen-bond donors (Lipinski definition) is 1. The number of ether oxygens (including phenoxy) is 2. The molecule has 0 aliphatic heterocycles. The Hall–Kier alpha value is -2.43. The standard InChI is InChI=1S/C19H29N3O2/c1-9-19(3,4)21-14(2)22(6)13-16(20-5)15-10-11-17(23-7)18(12-15)24-8/h10-13,21H,2,5,9H2,1,3-4,6-8H3/b16-13-. The fourth-order valence-corrected chi connectivity index (χ4v) is 2.03. The summed E-state index contributed by atoms with van der Waals surface area (Å²) in [5.41, 5.74) is 1.58. The van der Waals surface area contributed by atoms with Crippen LogP contribution >= 0.6 is 0 Å².